The second kappa shape index (κ2) is 10.6. The van der Waals surface area contributed by atoms with Crippen molar-refractivity contribution in [2.75, 3.05) is 6.61 Å². The normalized spacial score (nSPS) is 11.6. The molecule has 1 amide bonds. The summed E-state index contributed by atoms with van der Waals surface area (Å²) in [6, 6.07) is 11.9. The molecule has 9 heteroatoms. The smallest absolute Gasteiger partial charge is 0.308 e. The molecule has 0 spiro atoms. The molecule has 2 aromatic rings. The lowest BCUT2D eigenvalue weighted by Crippen LogP contribution is -2.34. The number of carbonyl (C=O) groups excluding carboxylic acids is 2. The van der Waals surface area contributed by atoms with Gasteiger partial charge in [0.25, 0.3) is 11.6 Å². The maximum atomic E-state index is 12.4. The number of nitro groups is 1. The monoisotopic (exact) mass is 464 g/mol. The molecular weight excluding hydrogens is 444 g/mol. The van der Waals surface area contributed by atoms with Crippen LogP contribution in [0.4, 0.5) is 5.69 Å². The second-order valence-corrected chi connectivity index (χ2v) is 7.34. The van der Waals surface area contributed by atoms with Crippen molar-refractivity contribution in [1.29, 1.82) is 0 Å². The van der Waals surface area contributed by atoms with Crippen molar-refractivity contribution in [2.24, 2.45) is 0 Å². The maximum Gasteiger partial charge on any atom is 0.308 e. The second-order valence-electron chi connectivity index (χ2n) is 6.42. The molecule has 0 aromatic heterocycles. The van der Waals surface area contributed by atoms with Crippen molar-refractivity contribution < 1.29 is 24.0 Å². The first-order valence-corrected chi connectivity index (χ1v) is 9.66. The van der Waals surface area contributed by atoms with E-state index in [9.17, 15) is 19.7 Å². The van der Waals surface area contributed by atoms with Crippen LogP contribution >= 0.6 is 15.9 Å². The average Bonchev–Trinajstić information content (AvgIpc) is 2.66. The molecule has 0 heterocycles. The minimum Gasteiger partial charge on any atom is -0.484 e. The van der Waals surface area contributed by atoms with Crippen molar-refractivity contribution in [1.82, 2.24) is 5.32 Å². The van der Waals surface area contributed by atoms with E-state index in [1.807, 2.05) is 0 Å². The van der Waals surface area contributed by atoms with Gasteiger partial charge in [-0.3, -0.25) is 19.7 Å². The summed E-state index contributed by atoms with van der Waals surface area (Å²) in [5.74, 6) is -0.601. The Bertz CT molecular complexity index is 870. The number of nitrogens with zero attached hydrogens (tertiary/aromatic N) is 1. The number of amides is 1. The van der Waals surface area contributed by atoms with E-state index in [1.165, 1.54) is 18.2 Å². The largest absolute Gasteiger partial charge is 0.484 e. The number of nitro benzene ring substituents is 1. The van der Waals surface area contributed by atoms with Crippen LogP contribution in [0.2, 0.25) is 0 Å². The maximum absolute atomic E-state index is 12.4. The van der Waals surface area contributed by atoms with Crippen LogP contribution < -0.4 is 10.1 Å². The number of carbonyl (C=O) groups is 2. The van der Waals surface area contributed by atoms with Gasteiger partial charge in [-0.25, -0.2) is 0 Å². The standard InChI is InChI=1S/C20H21BrN2O6/c1-13(2)29-20(25)11-17(16-5-3-4-6-18(16)23(26)27)22-19(24)12-28-15-9-7-14(21)8-10-15/h3-10,13,17H,11-12H2,1-2H3,(H,22,24). The van der Waals surface area contributed by atoms with Crippen molar-refractivity contribution in [3.63, 3.8) is 0 Å². The van der Waals surface area contributed by atoms with Gasteiger partial charge in [-0.15, -0.1) is 0 Å². The van der Waals surface area contributed by atoms with E-state index in [-0.39, 0.29) is 30.4 Å². The molecule has 0 aliphatic heterocycles. The van der Waals surface area contributed by atoms with Crippen LogP contribution in [0, 0.1) is 10.1 Å². The molecule has 1 atom stereocenters. The molecule has 1 N–H and O–H groups in total. The summed E-state index contributed by atoms with van der Waals surface area (Å²) < 4.78 is 11.4. The van der Waals surface area contributed by atoms with Gasteiger partial charge in [-0.2, -0.15) is 0 Å². The summed E-state index contributed by atoms with van der Waals surface area (Å²) in [6.07, 6.45) is -0.585. The number of hydrogen-bond donors (Lipinski definition) is 1. The third-order valence-corrected chi connectivity index (χ3v) is 4.29. The number of nitrogens with one attached hydrogen (secondary N) is 1. The summed E-state index contributed by atoms with van der Waals surface area (Å²) in [7, 11) is 0. The minimum atomic E-state index is -0.927. The van der Waals surface area contributed by atoms with Crippen molar-refractivity contribution in [3.05, 3.63) is 68.7 Å². The highest BCUT2D eigenvalue weighted by Gasteiger charge is 2.26. The molecule has 29 heavy (non-hydrogen) atoms. The third kappa shape index (κ3) is 7.19. The third-order valence-electron chi connectivity index (χ3n) is 3.77. The Hall–Kier alpha value is -2.94. The molecule has 0 bridgehead atoms. The summed E-state index contributed by atoms with van der Waals surface area (Å²) in [6.45, 7) is 3.09. The molecule has 1 unspecified atom stereocenters. The molecule has 0 aliphatic rings. The highest BCUT2D eigenvalue weighted by molar-refractivity contribution is 9.10. The highest BCUT2D eigenvalue weighted by atomic mass is 79.9. The van der Waals surface area contributed by atoms with E-state index in [4.69, 9.17) is 9.47 Å². The van der Waals surface area contributed by atoms with E-state index in [0.29, 0.717) is 5.75 Å². The first-order chi connectivity index (χ1) is 13.8. The molecule has 0 radical (unpaired) electrons. The average molecular weight is 465 g/mol. The zero-order chi connectivity index (χ0) is 21.4. The van der Waals surface area contributed by atoms with E-state index in [1.54, 1.807) is 44.2 Å². The van der Waals surface area contributed by atoms with Crippen LogP contribution in [0.25, 0.3) is 0 Å². The summed E-state index contributed by atoms with van der Waals surface area (Å²) in [5.41, 5.74) is 0.0270. The fraction of sp³-hybridized carbons (Fsp3) is 0.300. The number of benzene rings is 2. The Labute approximate surface area is 176 Å². The van der Waals surface area contributed by atoms with Crippen molar-refractivity contribution in [3.8, 4) is 5.75 Å². The van der Waals surface area contributed by atoms with Gasteiger partial charge in [0.2, 0.25) is 0 Å². The lowest BCUT2D eigenvalue weighted by Gasteiger charge is -2.19. The van der Waals surface area contributed by atoms with E-state index < -0.39 is 22.8 Å². The van der Waals surface area contributed by atoms with Crippen molar-refractivity contribution in [2.45, 2.75) is 32.4 Å². The van der Waals surface area contributed by atoms with Gasteiger partial charge in [0, 0.05) is 10.5 Å². The van der Waals surface area contributed by atoms with Gasteiger partial charge >= 0.3 is 5.97 Å². The fourth-order valence-electron chi connectivity index (χ4n) is 2.58. The van der Waals surface area contributed by atoms with Gasteiger partial charge in [0.15, 0.2) is 6.61 Å². The van der Waals surface area contributed by atoms with Gasteiger partial charge in [0.05, 0.1) is 29.1 Å². The van der Waals surface area contributed by atoms with Crippen LogP contribution in [0.15, 0.2) is 53.0 Å². The van der Waals surface area contributed by atoms with Crippen LogP contribution in [-0.4, -0.2) is 29.5 Å². The first-order valence-electron chi connectivity index (χ1n) is 8.86. The molecule has 2 aromatic carbocycles. The number of ether oxygens (including phenoxy) is 2. The van der Waals surface area contributed by atoms with Gasteiger partial charge in [-0.05, 0) is 38.1 Å². The number of para-hydroxylation sites is 1. The van der Waals surface area contributed by atoms with Gasteiger partial charge < -0.3 is 14.8 Å². The SMILES string of the molecule is CC(C)OC(=O)CC(NC(=O)COc1ccc(Br)cc1)c1ccccc1[N+](=O)[O-]. The fourth-order valence-corrected chi connectivity index (χ4v) is 2.84. The van der Waals surface area contributed by atoms with Crippen LogP contribution in [0.3, 0.4) is 0 Å². The van der Waals surface area contributed by atoms with E-state index in [2.05, 4.69) is 21.2 Å². The summed E-state index contributed by atoms with van der Waals surface area (Å²) >= 11 is 3.31. The summed E-state index contributed by atoms with van der Waals surface area (Å²) in [4.78, 5) is 35.3. The number of esters is 1. The Balaban J connectivity index is 2.14. The number of hydrogen-bond acceptors (Lipinski definition) is 6. The molecule has 8 nitrogen and oxygen atoms in total. The molecule has 0 fully saturated rings. The van der Waals surface area contributed by atoms with E-state index >= 15 is 0 Å². The van der Waals surface area contributed by atoms with E-state index in [0.717, 1.165) is 4.47 Å². The molecule has 154 valence electrons. The lowest BCUT2D eigenvalue weighted by molar-refractivity contribution is -0.385. The zero-order valence-corrected chi connectivity index (χ0v) is 17.5. The molecule has 0 saturated carbocycles. The molecule has 0 aliphatic carbocycles. The summed E-state index contributed by atoms with van der Waals surface area (Å²) in [5, 5.41) is 14.0. The molecule has 0 saturated heterocycles. The Morgan fingerprint density at radius 1 is 1.14 bits per heavy atom. The molecule has 2 rings (SSSR count). The van der Waals surface area contributed by atoms with Crippen molar-refractivity contribution >= 4 is 33.5 Å². The predicted molar refractivity (Wildman–Crippen MR) is 109 cm³/mol. The Morgan fingerprint density at radius 2 is 1.79 bits per heavy atom. The number of halogens is 1. The first kappa shape index (κ1) is 22.4. The highest BCUT2D eigenvalue weighted by Crippen LogP contribution is 2.27. The van der Waals surface area contributed by atoms with Crippen LogP contribution in [-0.2, 0) is 14.3 Å². The van der Waals surface area contributed by atoms with Gasteiger partial charge in [0.1, 0.15) is 5.75 Å². The minimum absolute atomic E-state index is 0.191. The van der Waals surface area contributed by atoms with Crippen LogP contribution in [0.5, 0.6) is 5.75 Å². The topological polar surface area (TPSA) is 108 Å². The van der Waals surface area contributed by atoms with Crippen LogP contribution in [0.1, 0.15) is 31.9 Å². The Morgan fingerprint density at radius 3 is 2.41 bits per heavy atom. The quantitative estimate of drug-likeness (QED) is 0.342. The number of rotatable bonds is 9. The van der Waals surface area contributed by atoms with Gasteiger partial charge in [-0.1, -0.05) is 34.1 Å². The predicted octanol–water partition coefficient (Wildman–Crippen LogP) is 3.94. The lowest BCUT2D eigenvalue weighted by atomic mass is 10.0. The zero-order valence-electron chi connectivity index (χ0n) is 16.0. The molecular formula is C20H21BrN2O6. The Kier molecular flexibility index (Phi) is 8.14.